The second kappa shape index (κ2) is 9.17. The van der Waals surface area contributed by atoms with Gasteiger partial charge >= 0.3 is 0 Å². The van der Waals surface area contributed by atoms with Crippen LogP contribution in [0.4, 0.5) is 5.69 Å². The Morgan fingerprint density at radius 1 is 0.923 bits per heavy atom. The monoisotopic (exact) mass is 536 g/mol. The van der Waals surface area contributed by atoms with Gasteiger partial charge < -0.3 is 19.7 Å². The van der Waals surface area contributed by atoms with Crippen molar-refractivity contribution in [3.63, 3.8) is 0 Å². The van der Waals surface area contributed by atoms with Crippen LogP contribution < -0.4 is 19.7 Å². The number of fused-ring (bicyclic) bond motifs is 5. The number of anilines is 1. The molecule has 0 saturated heterocycles. The van der Waals surface area contributed by atoms with Gasteiger partial charge in [0.15, 0.2) is 0 Å². The molecule has 0 aromatic heterocycles. The normalized spacial score (nSPS) is 18.4. The summed E-state index contributed by atoms with van der Waals surface area (Å²) in [5.74, 6) is 1.28. The topological polar surface area (TPSA) is 67.9 Å². The highest BCUT2D eigenvalue weighted by Gasteiger charge is 2.57. The van der Waals surface area contributed by atoms with E-state index in [0.29, 0.717) is 29.5 Å². The molecule has 3 heterocycles. The zero-order chi connectivity index (χ0) is 26.6. The molecule has 1 N–H and O–H groups in total. The fraction of sp³-hybridized carbons (Fsp3) is 0.188. The molecule has 0 bridgehead atoms. The van der Waals surface area contributed by atoms with Gasteiger partial charge in [0.1, 0.15) is 23.5 Å². The second-order valence-electron chi connectivity index (χ2n) is 10.1. The highest BCUT2D eigenvalue weighted by molar-refractivity contribution is 6.30. The molecule has 7 rings (SSSR count). The van der Waals surface area contributed by atoms with Gasteiger partial charge in [-0.3, -0.25) is 9.59 Å². The summed E-state index contributed by atoms with van der Waals surface area (Å²) in [6.45, 7) is 1.49. The Hall–Kier alpha value is -4.29. The SMILES string of the molecule is O=C(NCc1cccc(Cl)c1)c1ccccc1CN1C(=O)C2(COc3cc4c(cc32)CCO4)c2ccccc21. The first-order valence-corrected chi connectivity index (χ1v) is 13.4. The molecular formula is C32H25ClN2O4. The summed E-state index contributed by atoms with van der Waals surface area (Å²) in [5.41, 5.74) is 5.04. The first-order chi connectivity index (χ1) is 19.0. The molecule has 0 saturated carbocycles. The quantitative estimate of drug-likeness (QED) is 0.369. The lowest BCUT2D eigenvalue weighted by molar-refractivity contribution is -0.122. The maximum Gasteiger partial charge on any atom is 0.251 e. The van der Waals surface area contributed by atoms with E-state index in [4.69, 9.17) is 21.1 Å². The number of ether oxygens (including phenoxy) is 2. The number of hydrogen-bond acceptors (Lipinski definition) is 4. The molecule has 2 amide bonds. The molecule has 0 aliphatic carbocycles. The highest BCUT2D eigenvalue weighted by atomic mass is 35.5. The van der Waals surface area contributed by atoms with E-state index in [0.717, 1.165) is 45.7 Å². The van der Waals surface area contributed by atoms with E-state index < -0.39 is 5.41 Å². The van der Waals surface area contributed by atoms with Crippen molar-refractivity contribution in [1.82, 2.24) is 5.32 Å². The van der Waals surface area contributed by atoms with Crippen LogP contribution in [-0.4, -0.2) is 25.0 Å². The van der Waals surface area contributed by atoms with E-state index >= 15 is 0 Å². The van der Waals surface area contributed by atoms with Gasteiger partial charge in [-0.25, -0.2) is 0 Å². The van der Waals surface area contributed by atoms with Gasteiger partial charge in [-0.05, 0) is 52.6 Å². The van der Waals surface area contributed by atoms with Crippen molar-refractivity contribution in [2.75, 3.05) is 18.1 Å². The second-order valence-corrected chi connectivity index (χ2v) is 10.6. The van der Waals surface area contributed by atoms with Crippen LogP contribution in [0.2, 0.25) is 5.02 Å². The summed E-state index contributed by atoms with van der Waals surface area (Å²) in [7, 11) is 0. The third-order valence-electron chi connectivity index (χ3n) is 7.89. The first kappa shape index (κ1) is 23.8. The molecule has 39 heavy (non-hydrogen) atoms. The minimum Gasteiger partial charge on any atom is -0.493 e. The number of rotatable bonds is 5. The van der Waals surface area contributed by atoms with Gasteiger partial charge in [0.05, 0.1) is 13.2 Å². The van der Waals surface area contributed by atoms with Gasteiger partial charge in [0, 0.05) is 40.9 Å². The molecule has 6 nitrogen and oxygen atoms in total. The van der Waals surface area contributed by atoms with E-state index in [1.165, 1.54) is 0 Å². The molecule has 3 aliphatic heterocycles. The van der Waals surface area contributed by atoms with Gasteiger partial charge in [-0.1, -0.05) is 60.1 Å². The molecule has 4 aromatic carbocycles. The number of nitrogens with zero attached hydrogens (tertiary/aromatic N) is 1. The number of amides is 2. The van der Waals surface area contributed by atoms with Gasteiger partial charge in [-0.15, -0.1) is 0 Å². The Bertz CT molecular complexity index is 1650. The zero-order valence-electron chi connectivity index (χ0n) is 21.1. The van der Waals surface area contributed by atoms with E-state index in [9.17, 15) is 9.59 Å². The summed E-state index contributed by atoms with van der Waals surface area (Å²) >= 11 is 6.10. The fourth-order valence-corrected chi connectivity index (χ4v) is 6.19. The number of carbonyl (C=O) groups is 2. The number of nitrogens with one attached hydrogen (secondary N) is 1. The van der Waals surface area contributed by atoms with Crippen molar-refractivity contribution in [3.05, 3.63) is 123 Å². The Labute approximate surface area is 231 Å². The van der Waals surface area contributed by atoms with Gasteiger partial charge in [0.2, 0.25) is 5.91 Å². The maximum absolute atomic E-state index is 14.4. The minimum atomic E-state index is -0.923. The average molecular weight is 537 g/mol. The summed E-state index contributed by atoms with van der Waals surface area (Å²) < 4.78 is 11.9. The lowest BCUT2D eigenvalue weighted by Gasteiger charge is -2.24. The maximum atomic E-state index is 14.4. The molecule has 1 atom stereocenters. The Kier molecular flexibility index (Phi) is 5.60. The smallest absolute Gasteiger partial charge is 0.251 e. The van der Waals surface area contributed by atoms with Crippen LogP contribution in [0.25, 0.3) is 0 Å². The number of benzene rings is 4. The molecule has 0 radical (unpaired) electrons. The van der Waals surface area contributed by atoms with Crippen LogP contribution >= 0.6 is 11.6 Å². The molecule has 1 unspecified atom stereocenters. The molecule has 0 fully saturated rings. The summed E-state index contributed by atoms with van der Waals surface area (Å²) in [4.78, 5) is 29.4. The van der Waals surface area contributed by atoms with Crippen molar-refractivity contribution >= 4 is 29.1 Å². The lowest BCUT2D eigenvalue weighted by Crippen LogP contribution is -2.42. The van der Waals surface area contributed by atoms with Crippen LogP contribution in [-0.2, 0) is 29.7 Å². The van der Waals surface area contributed by atoms with Crippen LogP contribution in [0.15, 0.2) is 84.9 Å². The van der Waals surface area contributed by atoms with Gasteiger partial charge in [0.25, 0.3) is 5.91 Å². The number of halogens is 1. The molecular weight excluding hydrogens is 512 g/mol. The van der Waals surface area contributed by atoms with E-state index in [1.54, 1.807) is 17.0 Å². The summed E-state index contributed by atoms with van der Waals surface area (Å²) in [6, 6.07) is 26.7. The van der Waals surface area contributed by atoms with Crippen molar-refractivity contribution in [1.29, 1.82) is 0 Å². The number of carbonyl (C=O) groups excluding carboxylic acids is 2. The highest BCUT2D eigenvalue weighted by Crippen LogP contribution is 2.54. The van der Waals surface area contributed by atoms with Crippen LogP contribution in [0.5, 0.6) is 11.5 Å². The first-order valence-electron chi connectivity index (χ1n) is 13.0. The predicted molar refractivity (Wildman–Crippen MR) is 149 cm³/mol. The van der Waals surface area contributed by atoms with Crippen LogP contribution in [0.1, 0.15) is 38.2 Å². The lowest BCUT2D eigenvalue weighted by atomic mass is 9.76. The van der Waals surface area contributed by atoms with Crippen molar-refractivity contribution in [2.24, 2.45) is 0 Å². The molecule has 194 valence electrons. The van der Waals surface area contributed by atoms with Crippen LogP contribution in [0, 0.1) is 0 Å². The number of para-hydroxylation sites is 1. The van der Waals surface area contributed by atoms with E-state index in [-0.39, 0.29) is 25.0 Å². The third-order valence-corrected chi connectivity index (χ3v) is 8.13. The standard InChI is InChI=1S/C32H25ClN2O4/c33-23-8-5-6-20(14-23)17-34-30(36)24-9-2-1-7-22(24)18-35-27-11-4-3-10-25(27)32(31(35)37)19-39-29-16-28-21(12-13-38-28)15-26(29)32/h1-11,14-16H,12-13,17-19H2,(H,34,36). The molecule has 1 spiro atoms. The molecule has 7 heteroatoms. The van der Waals surface area contributed by atoms with E-state index in [2.05, 4.69) is 11.4 Å². The summed E-state index contributed by atoms with van der Waals surface area (Å²) in [6.07, 6.45) is 0.815. The van der Waals surface area contributed by atoms with Crippen molar-refractivity contribution < 1.29 is 19.1 Å². The van der Waals surface area contributed by atoms with Crippen molar-refractivity contribution in [2.45, 2.75) is 24.9 Å². The summed E-state index contributed by atoms with van der Waals surface area (Å²) in [5, 5.41) is 3.61. The Balaban J connectivity index is 1.22. The third kappa shape index (κ3) is 3.78. The Morgan fingerprint density at radius 3 is 2.67 bits per heavy atom. The largest absolute Gasteiger partial charge is 0.493 e. The van der Waals surface area contributed by atoms with Crippen molar-refractivity contribution in [3.8, 4) is 11.5 Å². The Morgan fingerprint density at radius 2 is 1.77 bits per heavy atom. The molecule has 4 aromatic rings. The zero-order valence-corrected chi connectivity index (χ0v) is 21.8. The minimum absolute atomic E-state index is 0.0459. The fourth-order valence-electron chi connectivity index (χ4n) is 5.98. The van der Waals surface area contributed by atoms with E-state index in [1.807, 2.05) is 66.7 Å². The predicted octanol–water partition coefficient (Wildman–Crippen LogP) is 5.43. The number of hydrogen-bond donors (Lipinski definition) is 1. The van der Waals surface area contributed by atoms with Crippen LogP contribution in [0.3, 0.4) is 0 Å². The van der Waals surface area contributed by atoms with Gasteiger partial charge in [-0.2, -0.15) is 0 Å². The molecule has 3 aliphatic rings. The average Bonchev–Trinajstić information content (AvgIpc) is 3.63.